The maximum absolute atomic E-state index is 13.1. The molecule has 0 radical (unpaired) electrons. The van der Waals surface area contributed by atoms with E-state index in [9.17, 15) is 32.3 Å². The van der Waals surface area contributed by atoms with Crippen LogP contribution < -0.4 is 5.32 Å². The number of hydrogen-bond donors (Lipinski definition) is 1. The van der Waals surface area contributed by atoms with Crippen LogP contribution in [0.4, 0.5) is 18.9 Å². The summed E-state index contributed by atoms with van der Waals surface area (Å²) in [5, 5.41) is 2.14. The van der Waals surface area contributed by atoms with Gasteiger partial charge in [0.15, 0.2) is 0 Å². The van der Waals surface area contributed by atoms with Crippen LogP contribution in [0.5, 0.6) is 0 Å². The van der Waals surface area contributed by atoms with Crippen LogP contribution in [0.15, 0.2) is 48.5 Å². The van der Waals surface area contributed by atoms with Gasteiger partial charge in [-0.15, -0.1) is 0 Å². The van der Waals surface area contributed by atoms with Crippen LogP contribution in [0.2, 0.25) is 0 Å². The number of likely N-dealkylation sites (N-methyl/N-ethyl adjacent to an activating group) is 1. The van der Waals surface area contributed by atoms with E-state index in [1.54, 1.807) is 12.1 Å². The van der Waals surface area contributed by atoms with Gasteiger partial charge < -0.3 is 10.2 Å². The van der Waals surface area contributed by atoms with E-state index in [1.165, 1.54) is 38.2 Å². The maximum atomic E-state index is 13.1. The summed E-state index contributed by atoms with van der Waals surface area (Å²) in [6.45, 7) is 0.774. The van der Waals surface area contributed by atoms with Crippen molar-refractivity contribution < 1.29 is 32.3 Å². The third-order valence-electron chi connectivity index (χ3n) is 4.83. The summed E-state index contributed by atoms with van der Waals surface area (Å²) in [6, 6.07) is 9.39. The standard InChI is InChI=1S/C21H18F3N3O4/c1-12(27-19(30)13-7-3-4-8-14(13)20(27)31)18(29)26(2)11-17(28)25-16-10-6-5-9-15(16)21(22,23)24/h3-10,12H,11H2,1-2H3,(H,25,28)/t12-/m0/s1. The lowest BCUT2D eigenvalue weighted by atomic mass is 10.1. The highest BCUT2D eigenvalue weighted by Crippen LogP contribution is 2.34. The molecule has 0 saturated carbocycles. The summed E-state index contributed by atoms with van der Waals surface area (Å²) in [6.07, 6.45) is -4.66. The average molecular weight is 433 g/mol. The number of rotatable bonds is 5. The van der Waals surface area contributed by atoms with Crippen molar-refractivity contribution in [2.24, 2.45) is 0 Å². The predicted molar refractivity (Wildman–Crippen MR) is 104 cm³/mol. The Kier molecular flexibility index (Phi) is 5.83. The second kappa shape index (κ2) is 8.21. The van der Waals surface area contributed by atoms with Gasteiger partial charge in [-0.2, -0.15) is 13.2 Å². The molecular weight excluding hydrogens is 415 g/mol. The Balaban J connectivity index is 1.68. The highest BCUT2D eigenvalue weighted by molar-refractivity contribution is 6.22. The molecule has 31 heavy (non-hydrogen) atoms. The summed E-state index contributed by atoms with van der Waals surface area (Å²) in [5.74, 6) is -2.83. The molecule has 7 nitrogen and oxygen atoms in total. The van der Waals surface area contributed by atoms with E-state index in [0.29, 0.717) is 0 Å². The van der Waals surface area contributed by atoms with Gasteiger partial charge in [0.05, 0.1) is 28.9 Å². The molecule has 162 valence electrons. The quantitative estimate of drug-likeness (QED) is 0.735. The summed E-state index contributed by atoms with van der Waals surface area (Å²) in [4.78, 5) is 51.7. The van der Waals surface area contributed by atoms with Gasteiger partial charge in [0, 0.05) is 7.05 Å². The number of fused-ring (bicyclic) bond motifs is 1. The number of benzene rings is 2. The highest BCUT2D eigenvalue weighted by Gasteiger charge is 2.41. The minimum absolute atomic E-state index is 0.177. The number of halogens is 3. The monoisotopic (exact) mass is 433 g/mol. The van der Waals surface area contributed by atoms with Crippen LogP contribution in [0.3, 0.4) is 0 Å². The molecule has 1 N–H and O–H groups in total. The zero-order chi connectivity index (χ0) is 22.9. The van der Waals surface area contributed by atoms with Gasteiger partial charge in [-0.3, -0.25) is 24.1 Å². The van der Waals surface area contributed by atoms with Gasteiger partial charge >= 0.3 is 6.18 Å². The Hall–Kier alpha value is -3.69. The Morgan fingerprint density at radius 3 is 2.06 bits per heavy atom. The lowest BCUT2D eigenvalue weighted by Gasteiger charge is -2.26. The molecule has 1 atom stereocenters. The first-order valence-electron chi connectivity index (χ1n) is 9.20. The minimum Gasteiger partial charge on any atom is -0.335 e. The maximum Gasteiger partial charge on any atom is 0.418 e. The van der Waals surface area contributed by atoms with Crippen LogP contribution in [0.25, 0.3) is 0 Å². The fraction of sp³-hybridized carbons (Fsp3) is 0.238. The summed E-state index contributed by atoms with van der Waals surface area (Å²) in [7, 11) is 1.26. The third kappa shape index (κ3) is 4.27. The predicted octanol–water partition coefficient (Wildman–Crippen LogP) is 2.79. The van der Waals surface area contributed by atoms with Gasteiger partial charge in [0.2, 0.25) is 11.8 Å². The molecule has 0 spiro atoms. The second-order valence-corrected chi connectivity index (χ2v) is 6.99. The normalized spacial score (nSPS) is 14.3. The van der Waals surface area contributed by atoms with Crippen LogP contribution in [0, 0.1) is 0 Å². The van der Waals surface area contributed by atoms with Crippen molar-refractivity contribution >= 4 is 29.3 Å². The smallest absolute Gasteiger partial charge is 0.335 e. The number of nitrogens with zero attached hydrogens (tertiary/aromatic N) is 2. The van der Waals surface area contributed by atoms with Gasteiger partial charge in [-0.25, -0.2) is 0 Å². The topological polar surface area (TPSA) is 86.8 Å². The van der Waals surface area contributed by atoms with Crippen molar-refractivity contribution in [1.29, 1.82) is 0 Å². The van der Waals surface area contributed by atoms with Crippen molar-refractivity contribution in [1.82, 2.24) is 9.80 Å². The van der Waals surface area contributed by atoms with E-state index in [-0.39, 0.29) is 11.1 Å². The number of para-hydroxylation sites is 1. The summed E-state index contributed by atoms with van der Waals surface area (Å²) >= 11 is 0. The number of amides is 4. The lowest BCUT2D eigenvalue weighted by molar-refractivity contribution is -0.137. The second-order valence-electron chi connectivity index (χ2n) is 6.99. The SMILES string of the molecule is C[C@@H](C(=O)N(C)CC(=O)Nc1ccccc1C(F)(F)F)N1C(=O)c2ccccc2C1=O. The van der Waals surface area contributed by atoms with Crippen LogP contribution in [0.1, 0.15) is 33.2 Å². The molecule has 0 aliphatic carbocycles. The first-order valence-corrected chi connectivity index (χ1v) is 9.20. The Morgan fingerprint density at radius 2 is 1.52 bits per heavy atom. The van der Waals surface area contributed by atoms with Gasteiger partial charge in [0.1, 0.15) is 6.04 Å². The number of hydrogen-bond acceptors (Lipinski definition) is 4. The molecule has 0 aromatic heterocycles. The minimum atomic E-state index is -4.66. The Morgan fingerprint density at radius 1 is 1.00 bits per heavy atom. The molecule has 0 bridgehead atoms. The average Bonchev–Trinajstić information content (AvgIpc) is 2.97. The fourth-order valence-corrected chi connectivity index (χ4v) is 3.31. The Bertz CT molecular complexity index is 1030. The first kappa shape index (κ1) is 22.0. The molecule has 2 aromatic rings. The number of alkyl halides is 3. The van der Waals surface area contributed by atoms with Gasteiger partial charge in [0.25, 0.3) is 11.8 Å². The molecule has 1 heterocycles. The van der Waals surface area contributed by atoms with E-state index in [4.69, 9.17) is 0 Å². The van der Waals surface area contributed by atoms with E-state index < -0.39 is 53.6 Å². The molecule has 0 fully saturated rings. The molecular formula is C21H18F3N3O4. The van der Waals surface area contributed by atoms with Crippen molar-refractivity contribution in [3.63, 3.8) is 0 Å². The van der Waals surface area contributed by atoms with E-state index in [2.05, 4.69) is 5.32 Å². The fourth-order valence-electron chi connectivity index (χ4n) is 3.31. The number of carbonyl (C=O) groups excluding carboxylic acids is 4. The lowest BCUT2D eigenvalue weighted by Crippen LogP contribution is -2.49. The van der Waals surface area contributed by atoms with E-state index in [1.807, 2.05) is 0 Å². The molecule has 0 unspecified atom stereocenters. The van der Waals surface area contributed by atoms with Crippen molar-refractivity contribution in [2.45, 2.75) is 19.1 Å². The number of imide groups is 1. The molecule has 3 rings (SSSR count). The van der Waals surface area contributed by atoms with Crippen molar-refractivity contribution in [2.75, 3.05) is 18.9 Å². The van der Waals surface area contributed by atoms with Crippen molar-refractivity contribution in [3.8, 4) is 0 Å². The third-order valence-corrected chi connectivity index (χ3v) is 4.83. The summed E-state index contributed by atoms with van der Waals surface area (Å²) < 4.78 is 39.2. The molecule has 2 aromatic carbocycles. The zero-order valence-electron chi connectivity index (χ0n) is 16.6. The van der Waals surface area contributed by atoms with Crippen LogP contribution in [-0.2, 0) is 15.8 Å². The van der Waals surface area contributed by atoms with E-state index >= 15 is 0 Å². The summed E-state index contributed by atoms with van der Waals surface area (Å²) in [5.41, 5.74) is -1.10. The van der Waals surface area contributed by atoms with Gasteiger partial charge in [-0.05, 0) is 31.2 Å². The highest BCUT2D eigenvalue weighted by atomic mass is 19.4. The molecule has 1 aliphatic rings. The number of carbonyl (C=O) groups is 4. The number of anilines is 1. The van der Waals surface area contributed by atoms with Crippen molar-refractivity contribution in [3.05, 3.63) is 65.2 Å². The molecule has 4 amide bonds. The molecule has 0 saturated heterocycles. The van der Waals surface area contributed by atoms with Gasteiger partial charge in [-0.1, -0.05) is 24.3 Å². The number of nitrogens with one attached hydrogen (secondary N) is 1. The zero-order valence-corrected chi connectivity index (χ0v) is 16.6. The largest absolute Gasteiger partial charge is 0.418 e. The molecule has 1 aliphatic heterocycles. The molecule has 10 heteroatoms. The van der Waals surface area contributed by atoms with Crippen LogP contribution in [-0.4, -0.2) is 53.1 Å². The Labute approximate surface area is 175 Å². The first-order chi connectivity index (χ1) is 14.5. The van der Waals surface area contributed by atoms with Crippen LogP contribution >= 0.6 is 0 Å². The van der Waals surface area contributed by atoms with E-state index in [0.717, 1.165) is 21.9 Å².